The van der Waals surface area contributed by atoms with E-state index < -0.39 is 4.92 Å². The van der Waals surface area contributed by atoms with Crippen molar-refractivity contribution in [3.63, 3.8) is 0 Å². The molecular formula is C22H21N3O5. The largest absolute Gasteiger partial charge is 0.490 e. The van der Waals surface area contributed by atoms with Gasteiger partial charge in [-0.05, 0) is 35.8 Å². The minimum absolute atomic E-state index is 0.106. The number of hydrogen-bond acceptors (Lipinski definition) is 5. The zero-order valence-corrected chi connectivity index (χ0v) is 16.6. The minimum Gasteiger partial charge on any atom is -0.490 e. The normalized spacial score (nSPS) is 11.0. The lowest BCUT2D eigenvalue weighted by atomic mass is 10.0. The van der Waals surface area contributed by atoms with Crippen LogP contribution in [0.5, 0.6) is 5.75 Å². The molecule has 0 aliphatic heterocycles. The van der Waals surface area contributed by atoms with Crippen LogP contribution in [0.1, 0.15) is 28.5 Å². The Balaban J connectivity index is 1.81. The van der Waals surface area contributed by atoms with Gasteiger partial charge in [-0.3, -0.25) is 19.7 Å². The van der Waals surface area contributed by atoms with E-state index in [4.69, 9.17) is 4.74 Å². The highest BCUT2D eigenvalue weighted by Crippen LogP contribution is 2.37. The first-order valence-electron chi connectivity index (χ1n) is 9.30. The molecule has 8 heteroatoms. The van der Waals surface area contributed by atoms with E-state index in [1.165, 1.54) is 26.2 Å². The molecule has 2 N–H and O–H groups in total. The lowest BCUT2D eigenvalue weighted by molar-refractivity contribution is -0.384. The summed E-state index contributed by atoms with van der Waals surface area (Å²) in [4.78, 5) is 38.0. The van der Waals surface area contributed by atoms with Crippen molar-refractivity contribution in [2.24, 2.45) is 0 Å². The van der Waals surface area contributed by atoms with Crippen molar-refractivity contribution in [3.05, 3.63) is 75.5 Å². The molecule has 0 atom stereocenters. The first kappa shape index (κ1) is 20.8. The number of ether oxygens (including phenoxy) is 1. The number of nitro groups is 1. The minimum atomic E-state index is -0.540. The molecule has 0 saturated carbocycles. The third kappa shape index (κ3) is 4.38. The molecule has 0 spiro atoms. The Morgan fingerprint density at radius 2 is 1.93 bits per heavy atom. The summed E-state index contributed by atoms with van der Waals surface area (Å²) in [5.41, 5.74) is 1.82. The number of amides is 1. The van der Waals surface area contributed by atoms with Crippen molar-refractivity contribution in [2.45, 2.75) is 13.3 Å². The van der Waals surface area contributed by atoms with Gasteiger partial charge < -0.3 is 15.0 Å². The van der Waals surface area contributed by atoms with Crippen molar-refractivity contribution in [1.82, 2.24) is 10.3 Å². The van der Waals surface area contributed by atoms with Crippen LogP contribution >= 0.6 is 0 Å². The van der Waals surface area contributed by atoms with Gasteiger partial charge in [0, 0.05) is 24.9 Å². The van der Waals surface area contributed by atoms with E-state index in [2.05, 4.69) is 10.3 Å². The Labute approximate surface area is 172 Å². The number of ketones is 1. The zero-order valence-electron chi connectivity index (χ0n) is 16.6. The number of carbonyl (C=O) groups excluding carboxylic acids is 2. The number of rotatable bonds is 8. The second kappa shape index (κ2) is 9.04. The van der Waals surface area contributed by atoms with E-state index in [9.17, 15) is 19.7 Å². The van der Waals surface area contributed by atoms with Crippen LogP contribution in [0.25, 0.3) is 17.0 Å². The fraction of sp³-hybridized carbons (Fsp3) is 0.182. The van der Waals surface area contributed by atoms with Crippen molar-refractivity contribution >= 4 is 34.4 Å². The number of aromatic amines is 1. The summed E-state index contributed by atoms with van der Waals surface area (Å²) in [6, 6.07) is 12.6. The van der Waals surface area contributed by atoms with Gasteiger partial charge in [-0.25, -0.2) is 0 Å². The predicted molar refractivity (Wildman–Crippen MR) is 114 cm³/mol. The SMILES string of the molecule is COc1ccc2c(CCNC(=O)/C=C/c3ccccc3)c(C(C)=O)[nH]c2c1[N+](=O)[O-]. The van der Waals surface area contributed by atoms with Crippen molar-refractivity contribution in [1.29, 1.82) is 0 Å². The Hall–Kier alpha value is -3.94. The maximum absolute atomic E-state index is 12.1. The van der Waals surface area contributed by atoms with Crippen molar-refractivity contribution in [2.75, 3.05) is 13.7 Å². The highest BCUT2D eigenvalue weighted by Gasteiger charge is 2.25. The molecule has 1 aromatic heterocycles. The number of Topliss-reactive ketones (excluding diaryl/α,β-unsaturated/α-hetero) is 1. The van der Waals surface area contributed by atoms with Gasteiger partial charge in [-0.1, -0.05) is 30.3 Å². The van der Waals surface area contributed by atoms with E-state index in [1.54, 1.807) is 12.1 Å². The summed E-state index contributed by atoms with van der Waals surface area (Å²) >= 11 is 0. The lowest BCUT2D eigenvalue weighted by Gasteiger charge is -2.05. The van der Waals surface area contributed by atoms with Gasteiger partial charge in [0.05, 0.1) is 17.7 Å². The number of hydrogen-bond donors (Lipinski definition) is 2. The number of methoxy groups -OCH3 is 1. The molecule has 0 fully saturated rings. The van der Waals surface area contributed by atoms with Crippen LogP contribution < -0.4 is 10.1 Å². The number of nitro benzene ring substituents is 1. The molecule has 0 aliphatic rings. The first-order valence-corrected chi connectivity index (χ1v) is 9.30. The zero-order chi connectivity index (χ0) is 21.7. The third-order valence-corrected chi connectivity index (χ3v) is 4.67. The number of nitrogens with zero attached hydrogens (tertiary/aromatic N) is 1. The van der Waals surface area contributed by atoms with E-state index in [1.807, 2.05) is 30.3 Å². The molecule has 0 aliphatic carbocycles. The third-order valence-electron chi connectivity index (χ3n) is 4.67. The number of nitrogens with one attached hydrogen (secondary N) is 2. The fourth-order valence-electron chi connectivity index (χ4n) is 3.30. The second-order valence-corrected chi connectivity index (χ2v) is 6.62. The van der Waals surface area contributed by atoms with Crippen LogP contribution in [0, 0.1) is 10.1 Å². The molecule has 8 nitrogen and oxygen atoms in total. The summed E-state index contributed by atoms with van der Waals surface area (Å²) in [5.74, 6) is -0.407. The van der Waals surface area contributed by atoms with Crippen LogP contribution in [0.3, 0.4) is 0 Å². The lowest BCUT2D eigenvalue weighted by Crippen LogP contribution is -2.23. The van der Waals surface area contributed by atoms with Gasteiger partial charge in [-0.2, -0.15) is 0 Å². The van der Waals surface area contributed by atoms with Gasteiger partial charge in [0.1, 0.15) is 5.52 Å². The smallest absolute Gasteiger partial charge is 0.334 e. The topological polar surface area (TPSA) is 114 Å². The molecule has 0 saturated heterocycles. The molecule has 1 amide bonds. The molecule has 2 aromatic carbocycles. The summed E-state index contributed by atoms with van der Waals surface area (Å²) in [7, 11) is 1.35. The number of carbonyl (C=O) groups is 2. The van der Waals surface area contributed by atoms with E-state index in [-0.39, 0.29) is 40.9 Å². The molecule has 154 valence electrons. The number of H-pyrrole nitrogens is 1. The van der Waals surface area contributed by atoms with Crippen LogP contribution in [-0.4, -0.2) is 35.3 Å². The average molecular weight is 407 g/mol. The molecule has 0 unspecified atom stereocenters. The van der Waals surface area contributed by atoms with Crippen LogP contribution in [0.2, 0.25) is 0 Å². The predicted octanol–water partition coefficient (Wildman–Crippen LogP) is 3.66. The van der Waals surface area contributed by atoms with Crippen LogP contribution in [0.4, 0.5) is 5.69 Å². The maximum atomic E-state index is 12.1. The summed E-state index contributed by atoms with van der Waals surface area (Å²) in [6.45, 7) is 1.66. The van der Waals surface area contributed by atoms with Gasteiger partial charge in [-0.15, -0.1) is 0 Å². The van der Waals surface area contributed by atoms with E-state index in [0.717, 1.165) is 5.56 Å². The molecule has 30 heavy (non-hydrogen) atoms. The maximum Gasteiger partial charge on any atom is 0.334 e. The highest BCUT2D eigenvalue weighted by atomic mass is 16.6. The summed E-state index contributed by atoms with van der Waals surface area (Å²) < 4.78 is 5.09. The van der Waals surface area contributed by atoms with Gasteiger partial charge in [0.15, 0.2) is 11.5 Å². The Morgan fingerprint density at radius 1 is 1.20 bits per heavy atom. The van der Waals surface area contributed by atoms with Gasteiger partial charge in [0.2, 0.25) is 5.91 Å². The van der Waals surface area contributed by atoms with E-state index in [0.29, 0.717) is 17.4 Å². The van der Waals surface area contributed by atoms with Gasteiger partial charge in [0.25, 0.3) is 0 Å². The van der Waals surface area contributed by atoms with E-state index >= 15 is 0 Å². The average Bonchev–Trinajstić information content (AvgIpc) is 3.11. The quantitative estimate of drug-likeness (QED) is 0.256. The van der Waals surface area contributed by atoms with Gasteiger partial charge >= 0.3 is 5.69 Å². The second-order valence-electron chi connectivity index (χ2n) is 6.62. The standard InChI is InChI=1S/C22H21N3O5/c1-14(26)20-17(12-13-23-19(27)11-8-15-6-4-3-5-7-15)16-9-10-18(30-2)22(25(28)29)21(16)24-20/h3-11,24H,12-13H2,1-2H3,(H,23,27)/b11-8+. The molecule has 3 aromatic rings. The molecule has 1 heterocycles. The molecular weight excluding hydrogens is 386 g/mol. The summed E-state index contributed by atoms with van der Waals surface area (Å²) in [6.07, 6.45) is 3.48. The fourth-order valence-corrected chi connectivity index (χ4v) is 3.30. The Kier molecular flexibility index (Phi) is 6.26. The van der Waals surface area contributed by atoms with Crippen LogP contribution in [-0.2, 0) is 11.2 Å². The first-order chi connectivity index (χ1) is 14.4. The molecule has 0 bridgehead atoms. The Morgan fingerprint density at radius 3 is 2.57 bits per heavy atom. The molecule has 3 rings (SSSR count). The number of benzene rings is 2. The van der Waals surface area contributed by atoms with Crippen LogP contribution in [0.15, 0.2) is 48.5 Å². The monoisotopic (exact) mass is 407 g/mol. The number of aromatic nitrogens is 1. The number of fused-ring (bicyclic) bond motifs is 1. The highest BCUT2D eigenvalue weighted by molar-refractivity contribution is 6.04. The van der Waals surface area contributed by atoms with Crippen molar-refractivity contribution < 1.29 is 19.2 Å². The van der Waals surface area contributed by atoms with Crippen molar-refractivity contribution in [3.8, 4) is 5.75 Å². The molecule has 0 radical (unpaired) electrons. The summed E-state index contributed by atoms with van der Waals surface area (Å²) in [5, 5.41) is 14.9. The Bertz CT molecular complexity index is 1130.